The SMILES string of the molecule is CC(C)[C@@H]1CC[C@@H](C)C[C@H]1OC(=O)[C@H](C)OC(=O)[C@@H](C)O. The van der Waals surface area contributed by atoms with Crippen molar-refractivity contribution in [2.24, 2.45) is 17.8 Å². The highest BCUT2D eigenvalue weighted by molar-refractivity contribution is 5.80. The van der Waals surface area contributed by atoms with Crippen LogP contribution in [0.2, 0.25) is 0 Å². The Morgan fingerprint density at radius 3 is 2.24 bits per heavy atom. The zero-order valence-electron chi connectivity index (χ0n) is 13.7. The van der Waals surface area contributed by atoms with Gasteiger partial charge < -0.3 is 14.6 Å². The second kappa shape index (κ2) is 7.78. The Bertz CT molecular complexity index is 364. The molecule has 0 saturated heterocycles. The van der Waals surface area contributed by atoms with Crippen LogP contribution in [-0.4, -0.2) is 35.4 Å². The van der Waals surface area contributed by atoms with Crippen LogP contribution in [0, 0.1) is 17.8 Å². The second-order valence-electron chi connectivity index (χ2n) is 6.56. The minimum Gasteiger partial charge on any atom is -0.459 e. The Hall–Kier alpha value is -1.10. The van der Waals surface area contributed by atoms with Crippen molar-refractivity contribution >= 4 is 11.9 Å². The lowest BCUT2D eigenvalue weighted by Gasteiger charge is -2.37. The van der Waals surface area contributed by atoms with Gasteiger partial charge in [0.05, 0.1) is 0 Å². The van der Waals surface area contributed by atoms with Crippen LogP contribution in [0.3, 0.4) is 0 Å². The van der Waals surface area contributed by atoms with E-state index in [0.29, 0.717) is 17.8 Å². The van der Waals surface area contributed by atoms with Gasteiger partial charge in [0, 0.05) is 0 Å². The van der Waals surface area contributed by atoms with Crippen molar-refractivity contribution in [3.63, 3.8) is 0 Å². The minimum atomic E-state index is -1.24. The molecule has 1 N–H and O–H groups in total. The topological polar surface area (TPSA) is 72.8 Å². The highest BCUT2D eigenvalue weighted by Crippen LogP contribution is 2.35. The number of rotatable bonds is 5. The zero-order chi connectivity index (χ0) is 16.2. The van der Waals surface area contributed by atoms with E-state index in [1.807, 2.05) is 0 Å². The van der Waals surface area contributed by atoms with E-state index in [9.17, 15) is 9.59 Å². The lowest BCUT2D eigenvalue weighted by Crippen LogP contribution is -2.39. The van der Waals surface area contributed by atoms with Crippen LogP contribution < -0.4 is 0 Å². The van der Waals surface area contributed by atoms with Gasteiger partial charge in [-0.15, -0.1) is 0 Å². The fraction of sp³-hybridized carbons (Fsp3) is 0.875. The minimum absolute atomic E-state index is 0.117. The molecule has 0 unspecified atom stereocenters. The van der Waals surface area contributed by atoms with Crippen LogP contribution in [0.4, 0.5) is 0 Å². The van der Waals surface area contributed by atoms with Gasteiger partial charge in [0.15, 0.2) is 6.10 Å². The fourth-order valence-electron chi connectivity index (χ4n) is 2.82. The van der Waals surface area contributed by atoms with E-state index in [-0.39, 0.29) is 6.10 Å². The Morgan fingerprint density at radius 2 is 1.71 bits per heavy atom. The molecule has 0 spiro atoms. The molecule has 0 aromatic rings. The number of ether oxygens (including phenoxy) is 2. The lowest BCUT2D eigenvalue weighted by atomic mass is 9.75. The molecule has 5 nitrogen and oxygen atoms in total. The highest BCUT2D eigenvalue weighted by atomic mass is 16.6. The van der Waals surface area contributed by atoms with Gasteiger partial charge in [-0.05, 0) is 44.4 Å². The summed E-state index contributed by atoms with van der Waals surface area (Å²) in [5.74, 6) is -0.00539. The quantitative estimate of drug-likeness (QED) is 0.789. The molecule has 5 heteroatoms. The van der Waals surface area contributed by atoms with Crippen LogP contribution in [0.5, 0.6) is 0 Å². The first-order valence-corrected chi connectivity index (χ1v) is 7.81. The molecule has 21 heavy (non-hydrogen) atoms. The maximum Gasteiger partial charge on any atom is 0.347 e. The van der Waals surface area contributed by atoms with E-state index >= 15 is 0 Å². The normalized spacial score (nSPS) is 28.8. The Kier molecular flexibility index (Phi) is 6.65. The maximum absolute atomic E-state index is 12.1. The Balaban J connectivity index is 2.59. The summed E-state index contributed by atoms with van der Waals surface area (Å²) < 4.78 is 10.5. The number of carbonyl (C=O) groups is 2. The van der Waals surface area contributed by atoms with E-state index in [1.165, 1.54) is 13.8 Å². The molecule has 0 radical (unpaired) electrons. The Labute approximate surface area is 127 Å². The molecular weight excluding hydrogens is 272 g/mol. The number of carbonyl (C=O) groups excluding carboxylic acids is 2. The first-order valence-electron chi connectivity index (χ1n) is 7.81. The first kappa shape index (κ1) is 18.0. The van der Waals surface area contributed by atoms with E-state index in [2.05, 4.69) is 20.8 Å². The molecular formula is C16H28O5. The van der Waals surface area contributed by atoms with Crippen molar-refractivity contribution in [1.29, 1.82) is 0 Å². The number of aliphatic hydroxyl groups is 1. The average molecular weight is 300 g/mol. The molecule has 1 rings (SSSR count). The number of esters is 2. The molecule has 1 fully saturated rings. The third-order valence-electron chi connectivity index (χ3n) is 4.19. The van der Waals surface area contributed by atoms with Crippen molar-refractivity contribution < 1.29 is 24.2 Å². The first-order chi connectivity index (χ1) is 9.72. The van der Waals surface area contributed by atoms with Crippen LogP contribution in [0.25, 0.3) is 0 Å². The molecule has 1 aliphatic carbocycles. The van der Waals surface area contributed by atoms with Crippen molar-refractivity contribution in [3.05, 3.63) is 0 Å². The maximum atomic E-state index is 12.1. The van der Waals surface area contributed by atoms with Gasteiger partial charge in [0.1, 0.15) is 12.2 Å². The fourth-order valence-corrected chi connectivity index (χ4v) is 2.82. The van der Waals surface area contributed by atoms with Crippen molar-refractivity contribution in [1.82, 2.24) is 0 Å². The number of aliphatic hydroxyl groups excluding tert-OH is 1. The van der Waals surface area contributed by atoms with E-state index in [1.54, 1.807) is 0 Å². The lowest BCUT2D eigenvalue weighted by molar-refractivity contribution is -0.178. The predicted octanol–water partition coefficient (Wildman–Crippen LogP) is 2.30. The number of hydrogen-bond acceptors (Lipinski definition) is 5. The van der Waals surface area contributed by atoms with Crippen molar-refractivity contribution in [2.45, 2.75) is 72.2 Å². The molecule has 0 bridgehead atoms. The molecule has 122 valence electrons. The van der Waals surface area contributed by atoms with Gasteiger partial charge >= 0.3 is 11.9 Å². The summed E-state index contributed by atoms with van der Waals surface area (Å²) in [4.78, 5) is 23.4. The molecule has 0 heterocycles. The third kappa shape index (κ3) is 5.30. The van der Waals surface area contributed by atoms with Crippen molar-refractivity contribution in [3.8, 4) is 0 Å². The van der Waals surface area contributed by atoms with Crippen LogP contribution in [0.1, 0.15) is 53.9 Å². The van der Waals surface area contributed by atoms with Crippen LogP contribution in [-0.2, 0) is 19.1 Å². The highest BCUT2D eigenvalue weighted by Gasteiger charge is 2.35. The second-order valence-corrected chi connectivity index (χ2v) is 6.56. The van der Waals surface area contributed by atoms with Gasteiger partial charge in [0.25, 0.3) is 0 Å². The summed E-state index contributed by atoms with van der Waals surface area (Å²) in [7, 11) is 0. The summed E-state index contributed by atoms with van der Waals surface area (Å²) in [5, 5.41) is 9.10. The number of hydrogen-bond donors (Lipinski definition) is 1. The van der Waals surface area contributed by atoms with Crippen molar-refractivity contribution in [2.75, 3.05) is 0 Å². The largest absolute Gasteiger partial charge is 0.459 e. The summed E-state index contributed by atoms with van der Waals surface area (Å²) >= 11 is 0. The molecule has 0 aliphatic heterocycles. The summed E-state index contributed by atoms with van der Waals surface area (Å²) in [6.07, 6.45) is 0.720. The summed E-state index contributed by atoms with van der Waals surface area (Å²) in [5.41, 5.74) is 0. The van der Waals surface area contributed by atoms with Gasteiger partial charge in [-0.3, -0.25) is 0 Å². The Morgan fingerprint density at radius 1 is 1.10 bits per heavy atom. The summed E-state index contributed by atoms with van der Waals surface area (Å²) in [6, 6.07) is 0. The monoisotopic (exact) mass is 300 g/mol. The van der Waals surface area contributed by atoms with E-state index < -0.39 is 24.1 Å². The van der Waals surface area contributed by atoms with Crippen LogP contribution in [0.15, 0.2) is 0 Å². The van der Waals surface area contributed by atoms with Gasteiger partial charge in [-0.25, -0.2) is 9.59 Å². The average Bonchev–Trinajstić information content (AvgIpc) is 2.37. The molecule has 5 atom stereocenters. The molecule has 0 amide bonds. The van der Waals surface area contributed by atoms with E-state index in [0.717, 1.165) is 19.3 Å². The summed E-state index contributed by atoms with van der Waals surface area (Å²) in [6.45, 7) is 9.21. The zero-order valence-corrected chi connectivity index (χ0v) is 13.7. The third-order valence-corrected chi connectivity index (χ3v) is 4.19. The molecule has 0 aromatic carbocycles. The van der Waals surface area contributed by atoms with Crippen LogP contribution >= 0.6 is 0 Å². The van der Waals surface area contributed by atoms with Gasteiger partial charge in [0.2, 0.25) is 0 Å². The molecule has 0 aromatic heterocycles. The van der Waals surface area contributed by atoms with Gasteiger partial charge in [-0.1, -0.05) is 27.2 Å². The molecule has 1 saturated carbocycles. The van der Waals surface area contributed by atoms with E-state index in [4.69, 9.17) is 14.6 Å². The predicted molar refractivity (Wildman–Crippen MR) is 78.5 cm³/mol. The standard InChI is InChI=1S/C16H28O5/c1-9(2)13-7-6-10(3)8-14(13)21-16(19)12(5)20-15(18)11(4)17/h9-14,17H,6-8H2,1-5H3/t10-,11-,12+,13+,14-/m1/s1. The molecule has 1 aliphatic rings. The smallest absolute Gasteiger partial charge is 0.347 e. The van der Waals surface area contributed by atoms with Gasteiger partial charge in [-0.2, -0.15) is 0 Å².